The van der Waals surface area contributed by atoms with Gasteiger partial charge in [0.25, 0.3) is 11.6 Å². The molecule has 0 heterocycles. The number of aliphatic hydroxyl groups excluding tert-OH is 1. The molecule has 3 N–H and O–H groups in total. The normalized spacial score (nSPS) is 14.5. The van der Waals surface area contributed by atoms with E-state index >= 15 is 0 Å². The van der Waals surface area contributed by atoms with Crippen molar-refractivity contribution in [2.45, 2.75) is 25.0 Å². The highest BCUT2D eigenvalue weighted by Gasteiger charge is 2.25. The molecule has 1 fully saturated rings. The van der Waals surface area contributed by atoms with Crippen LogP contribution >= 0.6 is 11.6 Å². The zero-order valence-electron chi connectivity index (χ0n) is 14.1. The minimum atomic E-state index is -1.10. The summed E-state index contributed by atoms with van der Waals surface area (Å²) in [6, 6.07) is 8.12. The first kappa shape index (κ1) is 19.1. The molecule has 0 saturated heterocycles. The molecular weight excluding hydrogens is 377 g/mol. The highest BCUT2D eigenvalue weighted by atomic mass is 35.5. The lowest BCUT2D eigenvalue weighted by Crippen LogP contribution is -2.25. The number of amides is 1. The Hall–Kier alpha value is -2.71. The number of anilines is 1. The van der Waals surface area contributed by atoms with E-state index in [0.29, 0.717) is 0 Å². The van der Waals surface area contributed by atoms with E-state index in [1.165, 1.54) is 30.3 Å². The highest BCUT2D eigenvalue weighted by molar-refractivity contribution is 6.30. The highest BCUT2D eigenvalue weighted by Crippen LogP contribution is 2.28. The fourth-order valence-corrected chi connectivity index (χ4v) is 2.63. The summed E-state index contributed by atoms with van der Waals surface area (Å²) in [5.74, 6) is -1.02. The molecule has 1 amide bonds. The van der Waals surface area contributed by atoms with Crippen LogP contribution in [0.15, 0.2) is 36.4 Å². The molecule has 27 heavy (non-hydrogen) atoms. The molecule has 2 aromatic rings. The molecule has 0 aliphatic heterocycles. The van der Waals surface area contributed by atoms with Gasteiger partial charge in [-0.15, -0.1) is 0 Å². The SMILES string of the molecule is O=C(NC1CC1)c1ccc(NCC(O)c2ccc(Cl)c(F)c2)c([N+](=O)[O-])c1. The van der Waals surface area contributed by atoms with Crippen molar-refractivity contribution in [3.63, 3.8) is 0 Å². The third kappa shape index (κ3) is 4.72. The smallest absolute Gasteiger partial charge is 0.293 e. The molecule has 1 unspecified atom stereocenters. The van der Waals surface area contributed by atoms with E-state index in [1.807, 2.05) is 0 Å². The summed E-state index contributed by atoms with van der Waals surface area (Å²) < 4.78 is 13.5. The second-order valence-corrected chi connectivity index (χ2v) is 6.71. The van der Waals surface area contributed by atoms with E-state index in [9.17, 15) is 24.4 Å². The molecule has 1 atom stereocenters. The van der Waals surface area contributed by atoms with Crippen molar-refractivity contribution in [2.24, 2.45) is 0 Å². The molecule has 2 aromatic carbocycles. The average Bonchev–Trinajstić information content (AvgIpc) is 3.45. The summed E-state index contributed by atoms with van der Waals surface area (Å²) in [7, 11) is 0. The first-order valence-electron chi connectivity index (χ1n) is 8.31. The van der Waals surface area contributed by atoms with Gasteiger partial charge < -0.3 is 15.7 Å². The quantitative estimate of drug-likeness (QED) is 0.494. The number of hydrogen-bond donors (Lipinski definition) is 3. The van der Waals surface area contributed by atoms with Crippen LogP contribution in [0.25, 0.3) is 0 Å². The molecule has 1 aliphatic carbocycles. The summed E-state index contributed by atoms with van der Waals surface area (Å²) in [6.07, 6.45) is 0.724. The Labute approximate surface area is 159 Å². The molecule has 142 valence electrons. The molecule has 7 nitrogen and oxygen atoms in total. The number of halogens is 2. The molecule has 9 heteroatoms. The Morgan fingerprint density at radius 3 is 2.70 bits per heavy atom. The standard InChI is InChI=1S/C18H17ClFN3O4/c19-13-5-1-10(7-14(13)20)17(24)9-21-15-6-2-11(8-16(15)23(26)27)18(25)22-12-3-4-12/h1-2,5-8,12,17,21,24H,3-4,9H2,(H,22,25). The molecule has 0 bridgehead atoms. The number of rotatable bonds is 7. The third-order valence-electron chi connectivity index (χ3n) is 4.18. The maximum atomic E-state index is 13.5. The van der Waals surface area contributed by atoms with E-state index in [0.717, 1.165) is 18.9 Å². The Morgan fingerprint density at radius 1 is 1.33 bits per heavy atom. The van der Waals surface area contributed by atoms with Crippen LogP contribution in [-0.2, 0) is 0 Å². The zero-order chi connectivity index (χ0) is 19.6. The Bertz CT molecular complexity index is 889. The fraction of sp³-hybridized carbons (Fsp3) is 0.278. The number of nitrogens with one attached hydrogen (secondary N) is 2. The summed E-state index contributed by atoms with van der Waals surface area (Å²) in [6.45, 7) is -0.0878. The lowest BCUT2D eigenvalue weighted by Gasteiger charge is -2.14. The molecular formula is C18H17ClFN3O4. The minimum Gasteiger partial charge on any atom is -0.387 e. The fourth-order valence-electron chi connectivity index (χ4n) is 2.51. The van der Waals surface area contributed by atoms with Crippen molar-refractivity contribution in [1.82, 2.24) is 5.32 Å². The van der Waals surface area contributed by atoms with Crippen LogP contribution < -0.4 is 10.6 Å². The molecule has 0 radical (unpaired) electrons. The number of carbonyl (C=O) groups is 1. The summed E-state index contributed by atoms with van der Waals surface area (Å²) >= 11 is 5.61. The van der Waals surface area contributed by atoms with E-state index in [4.69, 9.17) is 11.6 Å². The van der Waals surface area contributed by atoms with E-state index in [1.54, 1.807) is 0 Å². The van der Waals surface area contributed by atoms with Gasteiger partial charge in [-0.2, -0.15) is 0 Å². The summed E-state index contributed by atoms with van der Waals surface area (Å²) in [5, 5.41) is 27.0. The number of nitro benzene ring substituents is 1. The van der Waals surface area contributed by atoms with Crippen LogP contribution in [0.5, 0.6) is 0 Å². The Balaban J connectivity index is 1.72. The van der Waals surface area contributed by atoms with Crippen molar-refractivity contribution in [3.8, 4) is 0 Å². The molecule has 0 aromatic heterocycles. The van der Waals surface area contributed by atoms with Gasteiger partial charge in [-0.1, -0.05) is 17.7 Å². The first-order chi connectivity index (χ1) is 12.8. The van der Waals surface area contributed by atoms with E-state index in [-0.39, 0.29) is 46.0 Å². The van der Waals surface area contributed by atoms with Crippen molar-refractivity contribution in [3.05, 3.63) is 68.5 Å². The first-order valence-corrected chi connectivity index (χ1v) is 8.69. The van der Waals surface area contributed by atoms with Gasteiger partial charge in [-0.3, -0.25) is 14.9 Å². The van der Waals surface area contributed by atoms with Crippen LogP contribution in [0.3, 0.4) is 0 Å². The number of hydrogen-bond acceptors (Lipinski definition) is 5. The topological polar surface area (TPSA) is 104 Å². The van der Waals surface area contributed by atoms with Gasteiger partial charge in [0.1, 0.15) is 11.5 Å². The largest absolute Gasteiger partial charge is 0.387 e. The van der Waals surface area contributed by atoms with Gasteiger partial charge in [0.2, 0.25) is 0 Å². The predicted molar refractivity (Wildman–Crippen MR) is 98.4 cm³/mol. The van der Waals surface area contributed by atoms with Gasteiger partial charge in [0, 0.05) is 24.2 Å². The van der Waals surface area contributed by atoms with Crippen LogP contribution in [0.4, 0.5) is 15.8 Å². The second-order valence-electron chi connectivity index (χ2n) is 6.31. The van der Waals surface area contributed by atoms with Gasteiger partial charge in [-0.05, 0) is 42.7 Å². The lowest BCUT2D eigenvalue weighted by molar-refractivity contribution is -0.384. The number of carbonyl (C=O) groups excluding carboxylic acids is 1. The van der Waals surface area contributed by atoms with E-state index < -0.39 is 16.8 Å². The number of nitro groups is 1. The van der Waals surface area contributed by atoms with Crippen LogP contribution in [0, 0.1) is 15.9 Å². The van der Waals surface area contributed by atoms with Crippen molar-refractivity contribution < 1.29 is 19.2 Å². The maximum absolute atomic E-state index is 13.5. The van der Waals surface area contributed by atoms with Crippen LogP contribution in [-0.4, -0.2) is 28.5 Å². The number of benzene rings is 2. The predicted octanol–water partition coefficient (Wildman–Crippen LogP) is 3.43. The lowest BCUT2D eigenvalue weighted by atomic mass is 10.1. The van der Waals surface area contributed by atoms with Gasteiger partial charge >= 0.3 is 0 Å². The molecule has 3 rings (SSSR count). The van der Waals surface area contributed by atoms with Gasteiger partial charge in [0.05, 0.1) is 16.0 Å². The second kappa shape index (κ2) is 7.89. The van der Waals surface area contributed by atoms with Crippen molar-refractivity contribution in [1.29, 1.82) is 0 Å². The molecule has 0 spiro atoms. The average molecular weight is 394 g/mol. The summed E-state index contributed by atoms with van der Waals surface area (Å²) in [4.78, 5) is 22.8. The van der Waals surface area contributed by atoms with Crippen LogP contribution in [0.2, 0.25) is 5.02 Å². The Kier molecular flexibility index (Phi) is 5.57. The monoisotopic (exact) mass is 393 g/mol. The zero-order valence-corrected chi connectivity index (χ0v) is 14.9. The minimum absolute atomic E-state index is 0.0605. The maximum Gasteiger partial charge on any atom is 0.293 e. The molecule has 1 aliphatic rings. The molecule has 1 saturated carbocycles. The number of nitrogens with zero attached hydrogens (tertiary/aromatic N) is 1. The van der Waals surface area contributed by atoms with Crippen LogP contribution in [0.1, 0.15) is 34.9 Å². The van der Waals surface area contributed by atoms with Crippen molar-refractivity contribution >= 4 is 28.9 Å². The number of aliphatic hydroxyl groups is 1. The van der Waals surface area contributed by atoms with Crippen molar-refractivity contribution in [2.75, 3.05) is 11.9 Å². The van der Waals surface area contributed by atoms with E-state index in [2.05, 4.69) is 10.6 Å². The third-order valence-corrected chi connectivity index (χ3v) is 4.49. The van der Waals surface area contributed by atoms with Gasteiger partial charge in [0.15, 0.2) is 0 Å². The van der Waals surface area contributed by atoms with Gasteiger partial charge in [-0.25, -0.2) is 4.39 Å². The Morgan fingerprint density at radius 2 is 2.07 bits per heavy atom. The summed E-state index contributed by atoms with van der Waals surface area (Å²) in [5.41, 5.74) is 0.344.